The molecule has 0 aliphatic heterocycles. The predicted molar refractivity (Wildman–Crippen MR) is 74.8 cm³/mol. The van der Waals surface area contributed by atoms with Gasteiger partial charge in [-0.3, -0.25) is 0 Å². The highest BCUT2D eigenvalue weighted by Gasteiger charge is 2.14. The highest BCUT2D eigenvalue weighted by atomic mass is 32.1. The topological polar surface area (TPSA) is 37.8 Å². The maximum absolute atomic E-state index is 4.31. The number of aromatic nitrogens is 2. The largest absolute Gasteiger partial charge is 0.308 e. The van der Waals surface area contributed by atoms with Crippen molar-refractivity contribution >= 4 is 22.5 Å². The SMILES string of the molecule is CNC(c1ccc2ccccc2c1)c1cnsn1. The lowest BCUT2D eigenvalue weighted by Gasteiger charge is -2.14. The van der Waals surface area contributed by atoms with Crippen molar-refractivity contribution in [2.24, 2.45) is 0 Å². The van der Waals surface area contributed by atoms with Crippen molar-refractivity contribution in [2.45, 2.75) is 6.04 Å². The van der Waals surface area contributed by atoms with Crippen LogP contribution in [0.25, 0.3) is 10.8 Å². The molecule has 1 aromatic heterocycles. The molecule has 0 saturated carbocycles. The van der Waals surface area contributed by atoms with Gasteiger partial charge in [0.1, 0.15) is 0 Å². The summed E-state index contributed by atoms with van der Waals surface area (Å²) in [4.78, 5) is 0. The Balaban J connectivity index is 2.07. The normalized spacial score (nSPS) is 12.7. The van der Waals surface area contributed by atoms with Gasteiger partial charge in [0, 0.05) is 0 Å². The maximum atomic E-state index is 4.31. The van der Waals surface area contributed by atoms with Gasteiger partial charge in [-0.05, 0) is 29.4 Å². The van der Waals surface area contributed by atoms with Gasteiger partial charge in [0.15, 0.2) is 0 Å². The second-order valence-electron chi connectivity index (χ2n) is 4.16. The van der Waals surface area contributed by atoms with E-state index >= 15 is 0 Å². The van der Waals surface area contributed by atoms with Crippen LogP contribution >= 0.6 is 11.7 Å². The molecule has 0 spiro atoms. The summed E-state index contributed by atoms with van der Waals surface area (Å²) in [6, 6.07) is 15.0. The number of hydrogen-bond acceptors (Lipinski definition) is 4. The van der Waals surface area contributed by atoms with E-state index in [1.165, 1.54) is 28.1 Å². The predicted octanol–water partition coefficient (Wildman–Crippen LogP) is 3.00. The molecule has 18 heavy (non-hydrogen) atoms. The van der Waals surface area contributed by atoms with Crippen LogP contribution in [0.1, 0.15) is 17.3 Å². The number of nitrogens with zero attached hydrogens (tertiary/aromatic N) is 2. The lowest BCUT2D eigenvalue weighted by atomic mass is 10.0. The minimum absolute atomic E-state index is 0.105. The Morgan fingerprint density at radius 1 is 1.11 bits per heavy atom. The number of benzene rings is 2. The number of rotatable bonds is 3. The summed E-state index contributed by atoms with van der Waals surface area (Å²) in [5.41, 5.74) is 2.18. The van der Waals surface area contributed by atoms with Crippen LogP contribution in [0.2, 0.25) is 0 Å². The molecular formula is C14H13N3S. The third-order valence-electron chi connectivity index (χ3n) is 3.07. The van der Waals surface area contributed by atoms with Gasteiger partial charge < -0.3 is 5.32 Å². The summed E-state index contributed by atoms with van der Waals surface area (Å²) >= 11 is 1.24. The van der Waals surface area contributed by atoms with Crippen LogP contribution in [0.15, 0.2) is 48.7 Å². The van der Waals surface area contributed by atoms with Crippen LogP contribution in [-0.2, 0) is 0 Å². The molecule has 4 heteroatoms. The number of hydrogen-bond donors (Lipinski definition) is 1. The molecule has 1 heterocycles. The van der Waals surface area contributed by atoms with Crippen molar-refractivity contribution in [3.05, 3.63) is 59.9 Å². The van der Waals surface area contributed by atoms with Crippen molar-refractivity contribution < 1.29 is 0 Å². The average molecular weight is 255 g/mol. The smallest absolute Gasteiger partial charge is 0.0957 e. The van der Waals surface area contributed by atoms with E-state index in [-0.39, 0.29) is 6.04 Å². The highest BCUT2D eigenvalue weighted by molar-refractivity contribution is 6.99. The second-order valence-corrected chi connectivity index (χ2v) is 4.72. The molecular weight excluding hydrogens is 242 g/mol. The van der Waals surface area contributed by atoms with Crippen molar-refractivity contribution in [3.8, 4) is 0 Å². The van der Waals surface area contributed by atoms with Crippen LogP contribution in [0, 0.1) is 0 Å². The summed E-state index contributed by atoms with van der Waals surface area (Å²) in [6.07, 6.45) is 1.82. The maximum Gasteiger partial charge on any atom is 0.0957 e. The van der Waals surface area contributed by atoms with E-state index in [2.05, 4.69) is 56.5 Å². The first-order valence-corrected chi connectivity index (χ1v) is 6.55. The van der Waals surface area contributed by atoms with E-state index in [9.17, 15) is 0 Å². The van der Waals surface area contributed by atoms with E-state index in [0.29, 0.717) is 0 Å². The number of fused-ring (bicyclic) bond motifs is 1. The van der Waals surface area contributed by atoms with E-state index in [4.69, 9.17) is 0 Å². The van der Waals surface area contributed by atoms with Gasteiger partial charge in [-0.1, -0.05) is 36.4 Å². The third-order valence-corrected chi connectivity index (χ3v) is 3.56. The van der Waals surface area contributed by atoms with Crippen LogP contribution in [0.4, 0.5) is 0 Å². The Hall–Kier alpha value is -1.78. The van der Waals surface area contributed by atoms with Crippen LogP contribution in [0.3, 0.4) is 0 Å². The molecule has 0 aliphatic rings. The fraction of sp³-hybridized carbons (Fsp3) is 0.143. The first-order chi connectivity index (χ1) is 8.88. The molecule has 2 aromatic carbocycles. The average Bonchev–Trinajstić information content (AvgIpc) is 2.93. The molecule has 0 saturated heterocycles. The Labute approximate surface area is 110 Å². The quantitative estimate of drug-likeness (QED) is 0.781. The standard InChI is InChI=1S/C14H13N3S/c1-15-14(13-9-16-18-17-13)12-7-6-10-4-2-3-5-11(10)8-12/h2-9,14-15H,1H3. The minimum atomic E-state index is 0.105. The Morgan fingerprint density at radius 3 is 2.67 bits per heavy atom. The summed E-state index contributed by atoms with van der Waals surface area (Å²) < 4.78 is 8.38. The molecule has 0 bridgehead atoms. The zero-order chi connectivity index (χ0) is 12.4. The molecule has 3 nitrogen and oxygen atoms in total. The Kier molecular flexibility index (Phi) is 3.04. The first-order valence-electron chi connectivity index (χ1n) is 5.82. The lowest BCUT2D eigenvalue weighted by Crippen LogP contribution is -2.17. The molecule has 3 aromatic rings. The van der Waals surface area contributed by atoms with E-state index < -0.39 is 0 Å². The molecule has 1 unspecified atom stereocenters. The first kappa shape index (κ1) is 11.3. The van der Waals surface area contributed by atoms with Crippen LogP contribution in [-0.4, -0.2) is 15.8 Å². The van der Waals surface area contributed by atoms with Crippen molar-refractivity contribution in [2.75, 3.05) is 7.05 Å². The monoisotopic (exact) mass is 255 g/mol. The molecule has 90 valence electrons. The molecule has 0 aliphatic carbocycles. The van der Waals surface area contributed by atoms with Gasteiger partial charge in [0.2, 0.25) is 0 Å². The van der Waals surface area contributed by atoms with Crippen LogP contribution < -0.4 is 5.32 Å². The third kappa shape index (κ3) is 2.00. The second kappa shape index (κ2) is 4.84. The van der Waals surface area contributed by atoms with Gasteiger partial charge in [-0.15, -0.1) is 0 Å². The lowest BCUT2D eigenvalue weighted by molar-refractivity contribution is 0.678. The fourth-order valence-corrected chi connectivity index (χ4v) is 2.62. The van der Waals surface area contributed by atoms with Crippen LogP contribution in [0.5, 0.6) is 0 Å². The summed E-state index contributed by atoms with van der Waals surface area (Å²) in [6.45, 7) is 0. The van der Waals surface area contributed by atoms with E-state index in [1.807, 2.05) is 13.2 Å². The van der Waals surface area contributed by atoms with E-state index in [0.717, 1.165) is 5.69 Å². The van der Waals surface area contributed by atoms with Gasteiger partial charge in [0.05, 0.1) is 29.7 Å². The van der Waals surface area contributed by atoms with Crippen molar-refractivity contribution in [3.63, 3.8) is 0 Å². The Bertz CT molecular complexity index is 649. The highest BCUT2D eigenvalue weighted by Crippen LogP contribution is 2.24. The summed E-state index contributed by atoms with van der Waals surface area (Å²) in [5, 5.41) is 5.80. The van der Waals surface area contributed by atoms with Gasteiger partial charge in [0.25, 0.3) is 0 Å². The number of nitrogens with one attached hydrogen (secondary N) is 1. The Morgan fingerprint density at radius 2 is 1.94 bits per heavy atom. The van der Waals surface area contributed by atoms with Crippen molar-refractivity contribution in [1.29, 1.82) is 0 Å². The van der Waals surface area contributed by atoms with E-state index in [1.54, 1.807) is 0 Å². The summed E-state index contributed by atoms with van der Waals surface area (Å²) in [7, 11) is 1.94. The molecule has 1 atom stereocenters. The van der Waals surface area contributed by atoms with Gasteiger partial charge in [-0.25, -0.2) is 0 Å². The zero-order valence-electron chi connectivity index (χ0n) is 10.00. The molecule has 1 N–H and O–H groups in total. The molecule has 0 radical (unpaired) electrons. The molecule has 3 rings (SSSR count). The molecule has 0 amide bonds. The van der Waals surface area contributed by atoms with Crippen molar-refractivity contribution in [1.82, 2.24) is 14.1 Å². The fourth-order valence-electron chi connectivity index (χ4n) is 2.17. The minimum Gasteiger partial charge on any atom is -0.308 e. The zero-order valence-corrected chi connectivity index (χ0v) is 10.8. The molecule has 0 fully saturated rings. The van der Waals surface area contributed by atoms with Gasteiger partial charge >= 0.3 is 0 Å². The van der Waals surface area contributed by atoms with Gasteiger partial charge in [-0.2, -0.15) is 8.75 Å². The summed E-state index contributed by atoms with van der Waals surface area (Å²) in [5.74, 6) is 0.